The van der Waals surface area contributed by atoms with Crippen molar-refractivity contribution in [3.8, 4) is 5.88 Å². The third-order valence-electron chi connectivity index (χ3n) is 1.22. The standard InChI is InChI=1S/C7H5ClFNO2/c1-12-7-5(6(8)11)2-4(9)3-10-7/h2-3H,1H3. The van der Waals surface area contributed by atoms with Crippen LogP contribution in [-0.2, 0) is 0 Å². The lowest BCUT2D eigenvalue weighted by Crippen LogP contribution is -1.98. The van der Waals surface area contributed by atoms with Gasteiger partial charge in [0.25, 0.3) is 5.24 Å². The molecule has 0 spiro atoms. The monoisotopic (exact) mass is 189 g/mol. The van der Waals surface area contributed by atoms with E-state index in [-0.39, 0.29) is 11.4 Å². The average Bonchev–Trinajstić information content (AvgIpc) is 2.04. The van der Waals surface area contributed by atoms with Crippen LogP contribution in [0.5, 0.6) is 5.88 Å². The molecule has 3 nitrogen and oxygen atoms in total. The summed E-state index contributed by atoms with van der Waals surface area (Å²) in [4.78, 5) is 14.2. The van der Waals surface area contributed by atoms with Gasteiger partial charge in [-0.25, -0.2) is 9.37 Å². The van der Waals surface area contributed by atoms with E-state index in [1.165, 1.54) is 7.11 Å². The fourth-order valence-corrected chi connectivity index (χ4v) is 0.866. The molecule has 1 rings (SSSR count). The Morgan fingerprint density at radius 1 is 1.75 bits per heavy atom. The Balaban J connectivity index is 3.21. The number of rotatable bonds is 2. The molecule has 5 heteroatoms. The van der Waals surface area contributed by atoms with E-state index >= 15 is 0 Å². The normalized spacial score (nSPS) is 9.58. The number of carbonyl (C=O) groups is 1. The second-order valence-corrected chi connectivity index (χ2v) is 2.33. The van der Waals surface area contributed by atoms with Crippen molar-refractivity contribution in [3.63, 3.8) is 0 Å². The maximum absolute atomic E-state index is 12.5. The van der Waals surface area contributed by atoms with Crippen LogP contribution in [0.25, 0.3) is 0 Å². The smallest absolute Gasteiger partial charge is 0.257 e. The second kappa shape index (κ2) is 3.49. The predicted octanol–water partition coefficient (Wildman–Crippen LogP) is 1.61. The summed E-state index contributed by atoms with van der Waals surface area (Å²) in [7, 11) is 1.32. The molecule has 0 amide bonds. The summed E-state index contributed by atoms with van der Waals surface area (Å²) in [5.74, 6) is -0.601. The number of nitrogens with zero attached hydrogens (tertiary/aromatic N) is 1. The maximum atomic E-state index is 12.5. The van der Waals surface area contributed by atoms with Gasteiger partial charge in [-0.3, -0.25) is 4.79 Å². The van der Waals surface area contributed by atoms with Crippen molar-refractivity contribution >= 4 is 16.8 Å². The molecule has 0 unspecified atom stereocenters. The Hall–Kier alpha value is -1.16. The minimum absolute atomic E-state index is 0.0244. The molecule has 0 fully saturated rings. The van der Waals surface area contributed by atoms with Crippen molar-refractivity contribution in [1.29, 1.82) is 0 Å². The van der Waals surface area contributed by atoms with Crippen molar-refractivity contribution in [3.05, 3.63) is 23.6 Å². The number of halogens is 2. The molecule has 0 atom stereocenters. The SMILES string of the molecule is COc1ncc(F)cc1C(=O)Cl. The highest BCUT2D eigenvalue weighted by atomic mass is 35.5. The molecular formula is C7H5ClFNO2. The van der Waals surface area contributed by atoms with Crippen LogP contribution < -0.4 is 4.74 Å². The summed E-state index contributed by atoms with van der Waals surface area (Å²) in [5.41, 5.74) is -0.0702. The maximum Gasteiger partial charge on any atom is 0.257 e. The molecule has 0 saturated heterocycles. The van der Waals surface area contributed by atoms with Crippen LogP contribution >= 0.6 is 11.6 Å². The molecular weight excluding hydrogens is 185 g/mol. The van der Waals surface area contributed by atoms with Crippen LogP contribution in [-0.4, -0.2) is 17.3 Å². The molecule has 0 aliphatic rings. The van der Waals surface area contributed by atoms with E-state index in [0.717, 1.165) is 12.3 Å². The molecule has 0 radical (unpaired) electrons. The molecule has 12 heavy (non-hydrogen) atoms. The molecule has 0 aliphatic carbocycles. The van der Waals surface area contributed by atoms with Gasteiger partial charge in [-0.15, -0.1) is 0 Å². The number of ether oxygens (including phenoxy) is 1. The minimum atomic E-state index is -0.793. The zero-order chi connectivity index (χ0) is 9.14. The first-order chi connectivity index (χ1) is 5.65. The number of hydrogen-bond donors (Lipinski definition) is 0. The summed E-state index contributed by atoms with van der Waals surface area (Å²) in [6.07, 6.45) is 0.947. The van der Waals surface area contributed by atoms with E-state index in [2.05, 4.69) is 9.72 Å². The Kier molecular flexibility index (Phi) is 2.60. The molecule has 0 aromatic carbocycles. The molecule has 0 bridgehead atoms. The number of carbonyl (C=O) groups excluding carboxylic acids is 1. The first-order valence-electron chi connectivity index (χ1n) is 3.04. The topological polar surface area (TPSA) is 39.2 Å². The number of methoxy groups -OCH3 is 1. The zero-order valence-corrected chi connectivity index (χ0v) is 6.93. The van der Waals surface area contributed by atoms with E-state index in [1.807, 2.05) is 0 Å². The van der Waals surface area contributed by atoms with Crippen LogP contribution in [0.1, 0.15) is 10.4 Å². The fourth-order valence-electron chi connectivity index (χ4n) is 0.730. The lowest BCUT2D eigenvalue weighted by atomic mass is 10.3. The van der Waals surface area contributed by atoms with Crippen molar-refractivity contribution in [2.24, 2.45) is 0 Å². The van der Waals surface area contributed by atoms with Gasteiger partial charge in [0.15, 0.2) is 0 Å². The fraction of sp³-hybridized carbons (Fsp3) is 0.143. The van der Waals surface area contributed by atoms with Crippen LogP contribution in [0.15, 0.2) is 12.3 Å². The van der Waals surface area contributed by atoms with Gasteiger partial charge in [0, 0.05) is 0 Å². The van der Waals surface area contributed by atoms with Gasteiger partial charge in [-0.1, -0.05) is 0 Å². The molecule has 0 aliphatic heterocycles. The largest absolute Gasteiger partial charge is 0.480 e. The highest BCUT2D eigenvalue weighted by molar-refractivity contribution is 6.68. The lowest BCUT2D eigenvalue weighted by Gasteiger charge is -2.01. The zero-order valence-electron chi connectivity index (χ0n) is 6.17. The highest BCUT2D eigenvalue weighted by Crippen LogP contribution is 2.17. The van der Waals surface area contributed by atoms with Gasteiger partial charge in [0.05, 0.1) is 18.9 Å². The minimum Gasteiger partial charge on any atom is -0.480 e. The summed E-state index contributed by atoms with van der Waals surface area (Å²) >= 11 is 5.13. The van der Waals surface area contributed by atoms with E-state index < -0.39 is 11.1 Å². The molecule has 1 aromatic rings. The quantitative estimate of drug-likeness (QED) is 0.664. The van der Waals surface area contributed by atoms with Crippen LogP contribution in [0.4, 0.5) is 4.39 Å². The Labute approximate surface area is 73.1 Å². The number of hydrogen-bond acceptors (Lipinski definition) is 3. The van der Waals surface area contributed by atoms with Crippen molar-refractivity contribution in [2.75, 3.05) is 7.11 Å². The number of aromatic nitrogens is 1. The van der Waals surface area contributed by atoms with Crippen molar-refractivity contribution in [2.45, 2.75) is 0 Å². The van der Waals surface area contributed by atoms with Gasteiger partial charge >= 0.3 is 0 Å². The molecule has 64 valence electrons. The summed E-state index contributed by atoms with van der Waals surface area (Å²) in [6, 6.07) is 0.973. The van der Waals surface area contributed by atoms with Crippen LogP contribution in [0.3, 0.4) is 0 Å². The first-order valence-corrected chi connectivity index (χ1v) is 3.42. The summed E-state index contributed by atoms with van der Waals surface area (Å²) < 4.78 is 17.2. The molecule has 1 aromatic heterocycles. The summed E-state index contributed by atoms with van der Waals surface area (Å²) in [5, 5.41) is -0.793. The van der Waals surface area contributed by atoms with Gasteiger partial charge in [-0.2, -0.15) is 0 Å². The Morgan fingerprint density at radius 3 is 2.92 bits per heavy atom. The van der Waals surface area contributed by atoms with Gasteiger partial charge in [0.1, 0.15) is 5.82 Å². The first kappa shape index (κ1) is 8.93. The highest BCUT2D eigenvalue weighted by Gasteiger charge is 2.11. The van der Waals surface area contributed by atoms with Crippen LogP contribution in [0.2, 0.25) is 0 Å². The Morgan fingerprint density at radius 2 is 2.42 bits per heavy atom. The van der Waals surface area contributed by atoms with E-state index in [4.69, 9.17) is 11.6 Å². The third-order valence-corrected chi connectivity index (χ3v) is 1.43. The van der Waals surface area contributed by atoms with Crippen molar-refractivity contribution < 1.29 is 13.9 Å². The predicted molar refractivity (Wildman–Crippen MR) is 40.9 cm³/mol. The van der Waals surface area contributed by atoms with Gasteiger partial charge in [-0.05, 0) is 17.7 Å². The third kappa shape index (κ3) is 1.71. The van der Waals surface area contributed by atoms with E-state index in [9.17, 15) is 9.18 Å². The van der Waals surface area contributed by atoms with E-state index in [1.54, 1.807) is 0 Å². The molecule has 0 saturated carbocycles. The summed E-state index contributed by atoms with van der Waals surface area (Å²) in [6.45, 7) is 0. The van der Waals surface area contributed by atoms with Crippen LogP contribution in [0, 0.1) is 5.82 Å². The van der Waals surface area contributed by atoms with Gasteiger partial charge < -0.3 is 4.74 Å². The van der Waals surface area contributed by atoms with Crippen molar-refractivity contribution in [1.82, 2.24) is 4.98 Å². The average molecular weight is 190 g/mol. The molecule has 1 heterocycles. The number of pyridine rings is 1. The van der Waals surface area contributed by atoms with E-state index in [0.29, 0.717) is 0 Å². The van der Waals surface area contributed by atoms with Gasteiger partial charge in [0.2, 0.25) is 5.88 Å². The second-order valence-electron chi connectivity index (χ2n) is 1.98. The molecule has 0 N–H and O–H groups in total. The lowest BCUT2D eigenvalue weighted by molar-refractivity contribution is 0.107. The Bertz CT molecular complexity index is 316.